The highest BCUT2D eigenvalue weighted by Gasteiger charge is 2.15. The lowest BCUT2D eigenvalue weighted by atomic mass is 10.2. The summed E-state index contributed by atoms with van der Waals surface area (Å²) in [6.07, 6.45) is 0.532. The van der Waals surface area contributed by atoms with Crippen LogP contribution in [0.2, 0.25) is 0 Å². The number of nitrogens with zero attached hydrogens (tertiary/aromatic N) is 2. The van der Waals surface area contributed by atoms with Gasteiger partial charge in [0.05, 0.1) is 21.5 Å². The van der Waals surface area contributed by atoms with Crippen LogP contribution in [-0.4, -0.2) is 18.0 Å². The topological polar surface area (TPSA) is 95.0 Å². The number of sulfonamides is 1. The van der Waals surface area contributed by atoms with Gasteiger partial charge >= 0.3 is 0 Å². The molecule has 1 heterocycles. The first-order valence-electron chi connectivity index (χ1n) is 7.26. The average molecular weight is 487 g/mol. The predicted octanol–water partition coefficient (Wildman–Crippen LogP) is 3.12. The number of aryl methyl sites for hydroxylation is 1. The average Bonchev–Trinajstić information content (AvgIpc) is 2.54. The van der Waals surface area contributed by atoms with Crippen molar-refractivity contribution in [1.29, 1.82) is 0 Å². The highest BCUT2D eigenvalue weighted by molar-refractivity contribution is 9.11. The molecule has 0 fully saturated rings. The second-order valence-electron chi connectivity index (χ2n) is 5.34. The van der Waals surface area contributed by atoms with Crippen LogP contribution in [0, 0.1) is 0 Å². The van der Waals surface area contributed by atoms with Crippen molar-refractivity contribution in [3.05, 3.63) is 61.5 Å². The lowest BCUT2D eigenvalue weighted by Gasteiger charge is -2.13. The molecule has 1 aromatic heterocycles. The van der Waals surface area contributed by atoms with Crippen molar-refractivity contribution in [3.8, 4) is 5.69 Å². The summed E-state index contributed by atoms with van der Waals surface area (Å²) in [4.78, 5) is 17.6. The molecule has 0 saturated heterocycles. The molecule has 3 aromatic rings. The molecule has 9 heteroatoms. The molecule has 2 aromatic carbocycles. The quantitative estimate of drug-likeness (QED) is 0.615. The van der Waals surface area contributed by atoms with E-state index in [0.29, 0.717) is 28.8 Å². The Bertz CT molecular complexity index is 1140. The van der Waals surface area contributed by atoms with Crippen LogP contribution in [0.15, 0.2) is 55.0 Å². The van der Waals surface area contributed by atoms with Crippen LogP contribution in [0.5, 0.6) is 0 Å². The van der Waals surface area contributed by atoms with Gasteiger partial charge in [-0.1, -0.05) is 22.9 Å². The van der Waals surface area contributed by atoms with Gasteiger partial charge in [0, 0.05) is 15.4 Å². The fraction of sp³-hybridized carbons (Fsp3) is 0.125. The number of hydrogen-bond acceptors (Lipinski definition) is 4. The number of aromatic nitrogens is 2. The van der Waals surface area contributed by atoms with Crippen molar-refractivity contribution < 1.29 is 8.42 Å². The highest BCUT2D eigenvalue weighted by atomic mass is 79.9. The Kier molecular flexibility index (Phi) is 4.84. The summed E-state index contributed by atoms with van der Waals surface area (Å²) >= 11 is 6.81. The van der Waals surface area contributed by atoms with Gasteiger partial charge in [0.1, 0.15) is 5.82 Å². The van der Waals surface area contributed by atoms with Gasteiger partial charge in [-0.2, -0.15) is 0 Å². The molecule has 3 rings (SSSR count). The summed E-state index contributed by atoms with van der Waals surface area (Å²) in [6.45, 7) is 1.90. The van der Waals surface area contributed by atoms with E-state index in [0.717, 1.165) is 8.95 Å². The van der Waals surface area contributed by atoms with E-state index in [-0.39, 0.29) is 10.5 Å². The molecule has 0 aliphatic rings. The lowest BCUT2D eigenvalue weighted by molar-refractivity contribution is 0.598. The molecule has 0 spiro atoms. The van der Waals surface area contributed by atoms with Crippen LogP contribution in [0.3, 0.4) is 0 Å². The summed E-state index contributed by atoms with van der Waals surface area (Å²) in [6, 6.07) is 9.38. The molecule has 25 heavy (non-hydrogen) atoms. The number of fused-ring (bicyclic) bond motifs is 1. The third-order valence-corrected chi connectivity index (χ3v) is 5.69. The predicted molar refractivity (Wildman–Crippen MR) is 103 cm³/mol. The van der Waals surface area contributed by atoms with E-state index in [4.69, 9.17) is 5.14 Å². The van der Waals surface area contributed by atoms with Crippen LogP contribution in [0.1, 0.15) is 12.7 Å². The van der Waals surface area contributed by atoms with E-state index in [1.807, 2.05) is 13.0 Å². The SMILES string of the molecule is CCc1nc2c(Br)cc(Br)cc2c(=O)n1-c1ccc(S(N)(=O)=O)cc1. The molecule has 0 saturated carbocycles. The lowest BCUT2D eigenvalue weighted by Crippen LogP contribution is -2.24. The Balaban J connectivity index is 2.32. The van der Waals surface area contributed by atoms with E-state index in [1.54, 1.807) is 18.2 Å². The molecular formula is C16H13Br2N3O3S. The number of hydrogen-bond donors (Lipinski definition) is 1. The Morgan fingerprint density at radius 1 is 1.16 bits per heavy atom. The minimum absolute atomic E-state index is 0.0124. The zero-order valence-electron chi connectivity index (χ0n) is 13.0. The molecule has 0 unspecified atom stereocenters. The Labute approximate surface area is 161 Å². The number of rotatable bonds is 3. The fourth-order valence-corrected chi connectivity index (χ4v) is 4.38. The number of nitrogens with two attached hydrogens (primary N) is 1. The van der Waals surface area contributed by atoms with E-state index in [9.17, 15) is 13.2 Å². The van der Waals surface area contributed by atoms with Crippen molar-refractivity contribution in [3.63, 3.8) is 0 Å². The molecule has 2 N–H and O–H groups in total. The van der Waals surface area contributed by atoms with Crippen LogP contribution in [0.4, 0.5) is 0 Å². The summed E-state index contributed by atoms with van der Waals surface area (Å²) < 4.78 is 25.8. The Morgan fingerprint density at radius 3 is 2.36 bits per heavy atom. The van der Waals surface area contributed by atoms with Crippen molar-refractivity contribution in [2.45, 2.75) is 18.2 Å². The molecule has 0 aliphatic carbocycles. The summed E-state index contributed by atoms with van der Waals surface area (Å²) in [5, 5.41) is 5.57. The maximum absolute atomic E-state index is 13.0. The summed E-state index contributed by atoms with van der Waals surface area (Å²) in [5.41, 5.74) is 0.884. The molecular weight excluding hydrogens is 474 g/mol. The summed E-state index contributed by atoms with van der Waals surface area (Å²) in [7, 11) is -3.79. The number of primary sulfonamides is 1. The second-order valence-corrected chi connectivity index (χ2v) is 8.68. The van der Waals surface area contributed by atoms with Gasteiger partial charge < -0.3 is 0 Å². The molecule has 130 valence electrons. The minimum atomic E-state index is -3.79. The minimum Gasteiger partial charge on any atom is -0.268 e. The maximum Gasteiger partial charge on any atom is 0.266 e. The molecule has 0 bridgehead atoms. The number of benzene rings is 2. The molecule has 0 aliphatic heterocycles. The van der Waals surface area contributed by atoms with E-state index < -0.39 is 10.0 Å². The fourth-order valence-electron chi connectivity index (χ4n) is 2.55. The Morgan fingerprint density at radius 2 is 1.80 bits per heavy atom. The monoisotopic (exact) mass is 485 g/mol. The van der Waals surface area contributed by atoms with Crippen LogP contribution < -0.4 is 10.7 Å². The van der Waals surface area contributed by atoms with E-state index >= 15 is 0 Å². The van der Waals surface area contributed by atoms with Gasteiger partial charge in [-0.25, -0.2) is 18.5 Å². The van der Waals surface area contributed by atoms with Gasteiger partial charge in [-0.15, -0.1) is 0 Å². The van der Waals surface area contributed by atoms with Crippen LogP contribution in [0.25, 0.3) is 16.6 Å². The summed E-state index contributed by atoms with van der Waals surface area (Å²) in [5.74, 6) is 0.573. The first kappa shape index (κ1) is 18.2. The zero-order valence-corrected chi connectivity index (χ0v) is 17.0. The molecule has 0 atom stereocenters. The van der Waals surface area contributed by atoms with Crippen molar-refractivity contribution in [1.82, 2.24) is 9.55 Å². The van der Waals surface area contributed by atoms with Gasteiger partial charge in [0.2, 0.25) is 10.0 Å². The highest BCUT2D eigenvalue weighted by Crippen LogP contribution is 2.26. The van der Waals surface area contributed by atoms with Crippen LogP contribution >= 0.6 is 31.9 Å². The van der Waals surface area contributed by atoms with Crippen molar-refractivity contribution in [2.75, 3.05) is 0 Å². The molecule has 6 nitrogen and oxygen atoms in total. The standard InChI is InChI=1S/C16H13Br2N3O3S/c1-2-14-20-15-12(7-9(17)8-13(15)18)16(22)21(14)10-3-5-11(6-4-10)25(19,23)24/h3-8H,2H2,1H3,(H2,19,23,24). The number of halogens is 2. The van der Waals surface area contributed by atoms with Crippen molar-refractivity contribution >= 4 is 52.8 Å². The first-order chi connectivity index (χ1) is 11.7. The van der Waals surface area contributed by atoms with Gasteiger partial charge in [0.25, 0.3) is 5.56 Å². The molecule has 0 amide bonds. The smallest absolute Gasteiger partial charge is 0.266 e. The third kappa shape index (κ3) is 3.41. The van der Waals surface area contributed by atoms with Gasteiger partial charge in [-0.3, -0.25) is 9.36 Å². The van der Waals surface area contributed by atoms with E-state index in [2.05, 4.69) is 36.8 Å². The normalized spacial score (nSPS) is 11.8. The second kappa shape index (κ2) is 6.64. The maximum atomic E-state index is 13.0. The zero-order chi connectivity index (χ0) is 18.4. The third-order valence-electron chi connectivity index (χ3n) is 3.70. The first-order valence-corrected chi connectivity index (χ1v) is 10.4. The largest absolute Gasteiger partial charge is 0.268 e. The van der Waals surface area contributed by atoms with Gasteiger partial charge in [-0.05, 0) is 52.3 Å². The van der Waals surface area contributed by atoms with Crippen LogP contribution in [-0.2, 0) is 16.4 Å². The van der Waals surface area contributed by atoms with E-state index in [1.165, 1.54) is 16.7 Å². The van der Waals surface area contributed by atoms with Crippen molar-refractivity contribution in [2.24, 2.45) is 5.14 Å². The Hall–Kier alpha value is -1.55. The van der Waals surface area contributed by atoms with Gasteiger partial charge in [0.15, 0.2) is 0 Å². The molecule has 0 radical (unpaired) electrons.